The topological polar surface area (TPSA) is 94.0 Å². The first kappa shape index (κ1) is 15.1. The fraction of sp³-hybridized carbons (Fsp3) is 0.375. The summed E-state index contributed by atoms with van der Waals surface area (Å²) in [7, 11) is 0. The van der Waals surface area contributed by atoms with Gasteiger partial charge in [-0.2, -0.15) is 5.10 Å². The zero-order chi connectivity index (χ0) is 17.0. The number of halogens is 1. The van der Waals surface area contributed by atoms with Crippen LogP contribution in [0.4, 0.5) is 0 Å². The van der Waals surface area contributed by atoms with Crippen molar-refractivity contribution in [2.24, 2.45) is 0 Å². The van der Waals surface area contributed by atoms with E-state index in [0.29, 0.717) is 16.8 Å². The zero-order valence-electron chi connectivity index (χ0n) is 13.2. The van der Waals surface area contributed by atoms with Crippen molar-refractivity contribution in [1.29, 1.82) is 0 Å². The van der Waals surface area contributed by atoms with Crippen LogP contribution in [0.15, 0.2) is 16.8 Å². The standard InChI is InChI=1S/C16H15ClN4O3/c1-7(2)21-9-5-6-18-15(17)10(9)12(19-21)13-11(16(22)23)14(24-20-13)8-3-4-8/h5-8H,3-4H2,1-2H3,(H,22,23). The highest BCUT2D eigenvalue weighted by Crippen LogP contribution is 2.45. The van der Waals surface area contributed by atoms with E-state index in [9.17, 15) is 9.90 Å². The molecule has 8 heteroatoms. The summed E-state index contributed by atoms with van der Waals surface area (Å²) < 4.78 is 7.14. The van der Waals surface area contributed by atoms with E-state index in [1.807, 2.05) is 13.8 Å². The van der Waals surface area contributed by atoms with E-state index in [-0.39, 0.29) is 28.4 Å². The highest BCUT2D eigenvalue weighted by Gasteiger charge is 2.36. The van der Waals surface area contributed by atoms with Crippen LogP contribution < -0.4 is 0 Å². The Balaban J connectivity index is 2.03. The minimum atomic E-state index is -1.07. The van der Waals surface area contributed by atoms with Crippen LogP contribution in [0.5, 0.6) is 0 Å². The number of rotatable bonds is 4. The van der Waals surface area contributed by atoms with E-state index in [4.69, 9.17) is 16.1 Å². The minimum Gasteiger partial charge on any atom is -0.477 e. The Kier molecular flexibility index (Phi) is 3.35. The molecule has 1 aliphatic carbocycles. The van der Waals surface area contributed by atoms with Crippen molar-refractivity contribution in [3.8, 4) is 11.4 Å². The largest absolute Gasteiger partial charge is 0.477 e. The molecular formula is C16H15ClN4O3. The first-order valence-corrected chi connectivity index (χ1v) is 8.12. The van der Waals surface area contributed by atoms with Gasteiger partial charge in [-0.05, 0) is 32.8 Å². The van der Waals surface area contributed by atoms with Gasteiger partial charge in [-0.1, -0.05) is 16.8 Å². The van der Waals surface area contributed by atoms with Crippen LogP contribution in [0.25, 0.3) is 22.3 Å². The monoisotopic (exact) mass is 346 g/mol. The molecule has 3 heterocycles. The molecule has 0 spiro atoms. The summed E-state index contributed by atoms with van der Waals surface area (Å²) in [6.07, 6.45) is 3.43. The molecule has 1 N–H and O–H groups in total. The molecule has 0 aromatic carbocycles. The predicted molar refractivity (Wildman–Crippen MR) is 87.4 cm³/mol. The summed E-state index contributed by atoms with van der Waals surface area (Å²) in [4.78, 5) is 15.9. The zero-order valence-corrected chi connectivity index (χ0v) is 13.9. The Morgan fingerprint density at radius 2 is 2.17 bits per heavy atom. The van der Waals surface area contributed by atoms with Gasteiger partial charge in [0.15, 0.2) is 5.76 Å². The van der Waals surface area contributed by atoms with Gasteiger partial charge in [-0.25, -0.2) is 9.78 Å². The number of aromatic carboxylic acids is 1. The lowest BCUT2D eigenvalue weighted by Gasteiger charge is -2.06. The van der Waals surface area contributed by atoms with Gasteiger partial charge >= 0.3 is 5.97 Å². The predicted octanol–water partition coefficient (Wildman–Crippen LogP) is 3.90. The summed E-state index contributed by atoms with van der Waals surface area (Å²) in [5, 5.41) is 19.1. The molecular weight excluding hydrogens is 332 g/mol. The van der Waals surface area contributed by atoms with Gasteiger partial charge in [-0.15, -0.1) is 0 Å². The first-order chi connectivity index (χ1) is 11.5. The number of carbonyl (C=O) groups is 1. The number of carboxylic acids is 1. The minimum absolute atomic E-state index is 0.0720. The molecule has 0 amide bonds. The highest BCUT2D eigenvalue weighted by molar-refractivity contribution is 6.35. The van der Waals surface area contributed by atoms with Crippen LogP contribution in [-0.2, 0) is 0 Å². The molecule has 0 atom stereocenters. The lowest BCUT2D eigenvalue weighted by molar-refractivity contribution is 0.0695. The fourth-order valence-corrected chi connectivity index (χ4v) is 3.15. The SMILES string of the molecule is CC(C)n1nc(-c2noc(C3CC3)c2C(=O)O)c2c(Cl)nccc21. The maximum absolute atomic E-state index is 11.8. The van der Waals surface area contributed by atoms with Gasteiger partial charge in [0.05, 0.1) is 10.9 Å². The molecule has 0 unspecified atom stereocenters. The van der Waals surface area contributed by atoms with Crippen molar-refractivity contribution in [2.75, 3.05) is 0 Å². The molecule has 1 aliphatic rings. The third kappa shape index (κ3) is 2.19. The number of pyridine rings is 1. The quantitative estimate of drug-likeness (QED) is 0.720. The van der Waals surface area contributed by atoms with Crippen LogP contribution >= 0.6 is 11.6 Å². The normalized spacial score (nSPS) is 14.7. The van der Waals surface area contributed by atoms with E-state index >= 15 is 0 Å². The lowest BCUT2D eigenvalue weighted by atomic mass is 10.1. The molecule has 1 saturated carbocycles. The summed E-state index contributed by atoms with van der Waals surface area (Å²) in [6, 6.07) is 1.88. The third-order valence-corrected chi connectivity index (χ3v) is 4.45. The maximum atomic E-state index is 11.8. The smallest absolute Gasteiger partial charge is 0.341 e. The van der Waals surface area contributed by atoms with Crippen molar-refractivity contribution < 1.29 is 14.4 Å². The molecule has 1 fully saturated rings. The van der Waals surface area contributed by atoms with Gasteiger partial charge in [0.25, 0.3) is 0 Å². The number of nitrogens with zero attached hydrogens (tertiary/aromatic N) is 4. The molecule has 4 rings (SSSR count). The number of fused-ring (bicyclic) bond motifs is 1. The Hall–Kier alpha value is -2.41. The lowest BCUT2D eigenvalue weighted by Crippen LogP contribution is -2.04. The number of carboxylic acid groups (broad SMARTS) is 1. The van der Waals surface area contributed by atoms with E-state index in [2.05, 4.69) is 15.2 Å². The maximum Gasteiger partial charge on any atom is 0.341 e. The molecule has 3 aromatic rings. The molecule has 7 nitrogen and oxygen atoms in total. The summed E-state index contributed by atoms with van der Waals surface area (Å²) in [5.41, 5.74) is 1.47. The molecule has 0 bridgehead atoms. The number of hydrogen-bond acceptors (Lipinski definition) is 5. The van der Waals surface area contributed by atoms with Gasteiger partial charge in [0.2, 0.25) is 0 Å². The molecule has 3 aromatic heterocycles. The number of hydrogen-bond donors (Lipinski definition) is 1. The second-order valence-electron chi connectivity index (χ2n) is 6.23. The van der Waals surface area contributed by atoms with E-state index < -0.39 is 5.97 Å². The Bertz CT molecular complexity index is 956. The molecule has 24 heavy (non-hydrogen) atoms. The molecule has 0 aliphatic heterocycles. The first-order valence-electron chi connectivity index (χ1n) is 7.75. The van der Waals surface area contributed by atoms with Gasteiger partial charge in [-0.3, -0.25) is 4.68 Å². The number of aromatic nitrogens is 4. The van der Waals surface area contributed by atoms with Crippen molar-refractivity contribution in [1.82, 2.24) is 19.9 Å². The second kappa shape index (κ2) is 5.31. The van der Waals surface area contributed by atoms with Crippen LogP contribution in [0.1, 0.15) is 54.8 Å². The van der Waals surface area contributed by atoms with Crippen LogP contribution in [0.3, 0.4) is 0 Å². The van der Waals surface area contributed by atoms with Gasteiger partial charge < -0.3 is 9.63 Å². The molecule has 0 saturated heterocycles. The van der Waals surface area contributed by atoms with Crippen molar-refractivity contribution in [3.63, 3.8) is 0 Å². The van der Waals surface area contributed by atoms with Crippen molar-refractivity contribution >= 4 is 28.5 Å². The average Bonchev–Trinajstić information content (AvgIpc) is 3.14. The molecule has 0 radical (unpaired) electrons. The summed E-state index contributed by atoms with van der Waals surface area (Å²) in [6.45, 7) is 3.97. The third-order valence-electron chi connectivity index (χ3n) is 4.17. The average molecular weight is 347 g/mol. The van der Waals surface area contributed by atoms with Crippen LogP contribution in [0.2, 0.25) is 5.15 Å². The van der Waals surface area contributed by atoms with Crippen molar-refractivity contribution in [2.45, 2.75) is 38.6 Å². The summed E-state index contributed by atoms with van der Waals surface area (Å²) in [5.74, 6) is -0.519. The van der Waals surface area contributed by atoms with Crippen molar-refractivity contribution in [3.05, 3.63) is 28.7 Å². The van der Waals surface area contributed by atoms with E-state index in [0.717, 1.165) is 18.4 Å². The highest BCUT2D eigenvalue weighted by atomic mass is 35.5. The van der Waals surface area contributed by atoms with E-state index in [1.165, 1.54) is 0 Å². The van der Waals surface area contributed by atoms with Gasteiger partial charge in [0, 0.05) is 18.2 Å². The fourth-order valence-electron chi connectivity index (χ4n) is 2.90. The van der Waals surface area contributed by atoms with Gasteiger partial charge in [0.1, 0.15) is 22.1 Å². The van der Waals surface area contributed by atoms with Crippen LogP contribution in [-0.4, -0.2) is 31.0 Å². The Morgan fingerprint density at radius 3 is 2.79 bits per heavy atom. The van der Waals surface area contributed by atoms with E-state index in [1.54, 1.807) is 16.9 Å². The Labute approximate surface area is 142 Å². The Morgan fingerprint density at radius 1 is 1.42 bits per heavy atom. The molecule has 124 valence electrons. The second-order valence-corrected chi connectivity index (χ2v) is 6.59. The summed E-state index contributed by atoms with van der Waals surface area (Å²) >= 11 is 6.27. The van der Waals surface area contributed by atoms with Crippen LogP contribution in [0, 0.1) is 0 Å².